The van der Waals surface area contributed by atoms with Crippen LogP contribution in [0.25, 0.3) is 0 Å². The van der Waals surface area contributed by atoms with Crippen LogP contribution in [0.15, 0.2) is 12.3 Å². The standard InChI is InChI=1S/C7H8Cl2N2/c1-11(2)6-4-10-7(9)3-5(6)8/h3-4H,1-2H3. The van der Waals surface area contributed by atoms with Gasteiger partial charge in [-0.2, -0.15) is 0 Å². The van der Waals surface area contributed by atoms with Gasteiger partial charge < -0.3 is 4.90 Å². The van der Waals surface area contributed by atoms with Crippen LogP contribution in [-0.2, 0) is 0 Å². The van der Waals surface area contributed by atoms with Crippen LogP contribution in [0.2, 0.25) is 10.2 Å². The average molecular weight is 191 g/mol. The third-order valence-electron chi connectivity index (χ3n) is 1.28. The predicted octanol–water partition coefficient (Wildman–Crippen LogP) is 2.45. The highest BCUT2D eigenvalue weighted by Gasteiger charge is 2.02. The lowest BCUT2D eigenvalue weighted by molar-refractivity contribution is 1.11. The van der Waals surface area contributed by atoms with E-state index in [-0.39, 0.29) is 0 Å². The van der Waals surface area contributed by atoms with Gasteiger partial charge in [0, 0.05) is 14.1 Å². The highest BCUT2D eigenvalue weighted by Crippen LogP contribution is 2.24. The molecule has 0 radical (unpaired) electrons. The highest BCUT2D eigenvalue weighted by molar-refractivity contribution is 6.35. The molecule has 0 fully saturated rings. The molecule has 0 amide bonds. The topological polar surface area (TPSA) is 16.1 Å². The van der Waals surface area contributed by atoms with E-state index < -0.39 is 0 Å². The van der Waals surface area contributed by atoms with Gasteiger partial charge in [-0.25, -0.2) is 4.98 Å². The molecule has 0 bridgehead atoms. The average Bonchev–Trinajstić information content (AvgIpc) is 1.85. The Balaban J connectivity index is 3.09. The van der Waals surface area contributed by atoms with Crippen LogP contribution in [0, 0.1) is 0 Å². The van der Waals surface area contributed by atoms with Crippen molar-refractivity contribution in [3.63, 3.8) is 0 Å². The molecule has 2 nitrogen and oxygen atoms in total. The van der Waals surface area contributed by atoms with Gasteiger partial charge in [-0.05, 0) is 6.07 Å². The summed E-state index contributed by atoms with van der Waals surface area (Å²) in [5.41, 5.74) is 0.871. The zero-order chi connectivity index (χ0) is 8.43. The van der Waals surface area contributed by atoms with E-state index in [1.165, 1.54) is 0 Å². The monoisotopic (exact) mass is 190 g/mol. The first-order chi connectivity index (χ1) is 5.11. The summed E-state index contributed by atoms with van der Waals surface area (Å²) < 4.78 is 0. The third-order valence-corrected chi connectivity index (χ3v) is 1.79. The van der Waals surface area contributed by atoms with Gasteiger partial charge in [-0.3, -0.25) is 0 Å². The summed E-state index contributed by atoms with van der Waals surface area (Å²) in [7, 11) is 3.80. The Morgan fingerprint density at radius 2 is 2.00 bits per heavy atom. The van der Waals surface area contributed by atoms with E-state index in [1.807, 2.05) is 19.0 Å². The van der Waals surface area contributed by atoms with Crippen LogP contribution in [0.4, 0.5) is 5.69 Å². The summed E-state index contributed by atoms with van der Waals surface area (Å²) in [6.07, 6.45) is 1.64. The van der Waals surface area contributed by atoms with Crippen molar-refractivity contribution in [2.24, 2.45) is 0 Å². The molecule has 0 atom stereocenters. The molecule has 1 aromatic heterocycles. The molecule has 0 N–H and O–H groups in total. The maximum Gasteiger partial charge on any atom is 0.130 e. The molecule has 11 heavy (non-hydrogen) atoms. The lowest BCUT2D eigenvalue weighted by Gasteiger charge is -2.12. The summed E-state index contributed by atoms with van der Waals surface area (Å²) in [5, 5.41) is 1.04. The van der Waals surface area contributed by atoms with Crippen molar-refractivity contribution in [1.82, 2.24) is 4.98 Å². The van der Waals surface area contributed by atoms with E-state index in [9.17, 15) is 0 Å². The largest absolute Gasteiger partial charge is 0.375 e. The Bertz CT molecular complexity index is 261. The van der Waals surface area contributed by atoms with Crippen LogP contribution in [0.1, 0.15) is 0 Å². The normalized spacial score (nSPS) is 9.82. The smallest absolute Gasteiger partial charge is 0.130 e. The lowest BCUT2D eigenvalue weighted by Crippen LogP contribution is -2.09. The second-order valence-corrected chi connectivity index (χ2v) is 3.15. The Hall–Kier alpha value is -0.470. The summed E-state index contributed by atoms with van der Waals surface area (Å²) >= 11 is 11.5. The zero-order valence-electron chi connectivity index (χ0n) is 6.31. The summed E-state index contributed by atoms with van der Waals surface area (Å²) in [5.74, 6) is 0. The van der Waals surface area contributed by atoms with Crippen molar-refractivity contribution in [2.75, 3.05) is 19.0 Å². The van der Waals surface area contributed by atoms with Crippen LogP contribution in [0.3, 0.4) is 0 Å². The quantitative estimate of drug-likeness (QED) is 0.633. The van der Waals surface area contributed by atoms with Gasteiger partial charge in [-0.15, -0.1) is 0 Å². The number of nitrogens with zero attached hydrogens (tertiary/aromatic N) is 2. The Labute approximate surface area is 75.7 Å². The minimum Gasteiger partial charge on any atom is -0.375 e. The van der Waals surface area contributed by atoms with Crippen LogP contribution in [0.5, 0.6) is 0 Å². The number of halogens is 2. The summed E-state index contributed by atoms with van der Waals surface area (Å²) in [6.45, 7) is 0. The van der Waals surface area contributed by atoms with Gasteiger partial charge in [0.05, 0.1) is 16.9 Å². The Morgan fingerprint density at radius 3 is 2.45 bits per heavy atom. The van der Waals surface area contributed by atoms with Crippen molar-refractivity contribution in [3.8, 4) is 0 Å². The van der Waals surface area contributed by atoms with Crippen molar-refractivity contribution in [1.29, 1.82) is 0 Å². The number of pyridine rings is 1. The molecule has 0 spiro atoms. The molecule has 0 aromatic carbocycles. The van der Waals surface area contributed by atoms with Crippen LogP contribution < -0.4 is 4.90 Å². The summed E-state index contributed by atoms with van der Waals surface area (Å²) in [6, 6.07) is 1.62. The number of anilines is 1. The highest BCUT2D eigenvalue weighted by atomic mass is 35.5. The van der Waals surface area contributed by atoms with Gasteiger partial charge in [0.2, 0.25) is 0 Å². The summed E-state index contributed by atoms with van der Waals surface area (Å²) in [4.78, 5) is 5.78. The first-order valence-electron chi connectivity index (χ1n) is 3.09. The van der Waals surface area contributed by atoms with Gasteiger partial charge in [0.1, 0.15) is 5.15 Å². The van der Waals surface area contributed by atoms with Gasteiger partial charge >= 0.3 is 0 Å². The fourth-order valence-electron chi connectivity index (χ4n) is 0.729. The van der Waals surface area contributed by atoms with Crippen molar-refractivity contribution >= 4 is 28.9 Å². The molecule has 1 aromatic rings. The van der Waals surface area contributed by atoms with E-state index in [0.717, 1.165) is 5.69 Å². The van der Waals surface area contributed by atoms with E-state index >= 15 is 0 Å². The van der Waals surface area contributed by atoms with E-state index in [2.05, 4.69) is 4.98 Å². The molecule has 1 heterocycles. The Kier molecular flexibility index (Phi) is 2.58. The molecule has 0 aliphatic rings. The van der Waals surface area contributed by atoms with Gasteiger partial charge in [0.15, 0.2) is 0 Å². The maximum atomic E-state index is 5.86. The van der Waals surface area contributed by atoms with Crippen LogP contribution in [-0.4, -0.2) is 19.1 Å². The van der Waals surface area contributed by atoms with E-state index in [1.54, 1.807) is 12.3 Å². The zero-order valence-corrected chi connectivity index (χ0v) is 7.82. The van der Waals surface area contributed by atoms with Gasteiger partial charge in [0.25, 0.3) is 0 Å². The molecule has 0 aliphatic heterocycles. The number of hydrogen-bond donors (Lipinski definition) is 0. The van der Waals surface area contributed by atoms with Crippen molar-refractivity contribution < 1.29 is 0 Å². The van der Waals surface area contributed by atoms with E-state index in [0.29, 0.717) is 10.2 Å². The number of hydrogen-bond acceptors (Lipinski definition) is 2. The Morgan fingerprint density at radius 1 is 1.36 bits per heavy atom. The molecule has 60 valence electrons. The molecular formula is C7H8Cl2N2. The molecule has 1 rings (SSSR count). The lowest BCUT2D eigenvalue weighted by atomic mass is 10.4. The predicted molar refractivity (Wildman–Crippen MR) is 48.6 cm³/mol. The maximum absolute atomic E-state index is 5.86. The van der Waals surface area contributed by atoms with Crippen LogP contribution >= 0.6 is 23.2 Å². The molecular weight excluding hydrogens is 183 g/mol. The molecule has 4 heteroatoms. The fourth-order valence-corrected chi connectivity index (χ4v) is 1.26. The van der Waals surface area contributed by atoms with Crippen molar-refractivity contribution in [2.45, 2.75) is 0 Å². The second-order valence-electron chi connectivity index (χ2n) is 2.35. The molecule has 0 saturated heterocycles. The first kappa shape index (κ1) is 8.62. The SMILES string of the molecule is CN(C)c1cnc(Cl)cc1Cl. The van der Waals surface area contributed by atoms with E-state index in [4.69, 9.17) is 23.2 Å². The molecule has 0 saturated carbocycles. The fraction of sp³-hybridized carbons (Fsp3) is 0.286. The minimum absolute atomic E-state index is 0.417. The molecule has 0 unspecified atom stereocenters. The van der Waals surface area contributed by atoms with Gasteiger partial charge in [-0.1, -0.05) is 23.2 Å². The number of rotatable bonds is 1. The molecule has 0 aliphatic carbocycles. The minimum atomic E-state index is 0.417. The number of aromatic nitrogens is 1. The van der Waals surface area contributed by atoms with Crippen molar-refractivity contribution in [3.05, 3.63) is 22.4 Å². The third kappa shape index (κ3) is 1.98. The first-order valence-corrected chi connectivity index (χ1v) is 3.85. The second kappa shape index (κ2) is 3.28.